The summed E-state index contributed by atoms with van der Waals surface area (Å²) in [6.07, 6.45) is -0.251. The molecule has 0 aliphatic carbocycles. The van der Waals surface area contributed by atoms with Crippen LogP contribution >= 0.6 is 11.3 Å². The monoisotopic (exact) mass is 695 g/mol. The summed E-state index contributed by atoms with van der Waals surface area (Å²) in [6, 6.07) is 67.1. The first kappa shape index (κ1) is 31.1. The number of benzene rings is 8. The van der Waals surface area contributed by atoms with Crippen LogP contribution in [0.25, 0.3) is 64.3 Å². The van der Waals surface area contributed by atoms with Crippen molar-refractivity contribution in [2.75, 3.05) is 0 Å². The van der Waals surface area contributed by atoms with Crippen LogP contribution in [-0.2, 0) is 0 Å². The lowest BCUT2D eigenvalue weighted by Gasteiger charge is -2.24. The third-order valence-electron chi connectivity index (χ3n) is 10.1. The highest BCUT2D eigenvalue weighted by atomic mass is 32.1. The van der Waals surface area contributed by atoms with Crippen LogP contribution in [-0.4, -0.2) is 11.7 Å². The van der Waals surface area contributed by atoms with E-state index in [4.69, 9.17) is 9.98 Å². The van der Waals surface area contributed by atoms with Gasteiger partial charge in [0.05, 0.1) is 0 Å². The van der Waals surface area contributed by atoms with E-state index < -0.39 is 0 Å². The highest BCUT2D eigenvalue weighted by Gasteiger charge is 2.23. The van der Waals surface area contributed by atoms with Crippen LogP contribution in [0.2, 0.25) is 0 Å². The molecule has 0 bridgehead atoms. The van der Waals surface area contributed by atoms with E-state index in [1.165, 1.54) is 64.3 Å². The lowest BCUT2D eigenvalue weighted by Crippen LogP contribution is -2.33. The Hall–Kier alpha value is -6.62. The normalized spacial score (nSPS) is 14.2. The predicted octanol–water partition coefficient (Wildman–Crippen LogP) is 12.7. The zero-order valence-electron chi connectivity index (χ0n) is 28.8. The van der Waals surface area contributed by atoms with Crippen molar-refractivity contribution in [3.8, 4) is 33.4 Å². The zero-order chi connectivity index (χ0) is 35.1. The summed E-state index contributed by atoms with van der Waals surface area (Å²) < 4.78 is 2.47. The maximum Gasteiger partial charge on any atom is 0.160 e. The number of aliphatic imine (C=N–C) groups is 2. The first-order valence-corrected chi connectivity index (χ1v) is 18.7. The third-order valence-corrected chi connectivity index (χ3v) is 11.3. The molecule has 4 heteroatoms. The van der Waals surface area contributed by atoms with Crippen molar-refractivity contribution >= 4 is 54.0 Å². The van der Waals surface area contributed by atoms with Gasteiger partial charge in [-0.1, -0.05) is 158 Å². The van der Waals surface area contributed by atoms with Gasteiger partial charge in [0.25, 0.3) is 0 Å². The van der Waals surface area contributed by atoms with Crippen molar-refractivity contribution < 1.29 is 0 Å². The second-order valence-corrected chi connectivity index (χ2v) is 14.5. The van der Waals surface area contributed by atoms with Crippen molar-refractivity contribution in [2.45, 2.75) is 6.17 Å². The average Bonchev–Trinajstić information content (AvgIpc) is 3.62. The maximum absolute atomic E-state index is 5.22. The van der Waals surface area contributed by atoms with Crippen LogP contribution in [0.5, 0.6) is 0 Å². The van der Waals surface area contributed by atoms with Gasteiger partial charge in [0.15, 0.2) is 5.84 Å². The standard InChI is InChI=1S/C49H33N3S/c1-3-12-35(13-4-1)47-50-48(36-14-5-2-6-15-36)52-49(51-47)42-19-10-20-45-46(42)43-31-41(27-28-44(43)53-45)39-18-9-17-38(29-39)33-21-23-34(24-22-33)40-26-25-32-11-7-8-16-37(32)30-40/h1-31,47H,(H,50,51,52). The molecule has 0 fully saturated rings. The number of fused-ring (bicyclic) bond motifs is 4. The van der Waals surface area contributed by atoms with E-state index in [1.54, 1.807) is 0 Å². The van der Waals surface area contributed by atoms with E-state index in [0.29, 0.717) is 0 Å². The van der Waals surface area contributed by atoms with Gasteiger partial charge < -0.3 is 5.32 Å². The Morgan fingerprint density at radius 2 is 1.04 bits per heavy atom. The molecule has 1 unspecified atom stereocenters. The van der Waals surface area contributed by atoms with Gasteiger partial charge in [-0.25, -0.2) is 9.98 Å². The second-order valence-electron chi connectivity index (χ2n) is 13.4. The molecule has 1 aromatic heterocycles. The van der Waals surface area contributed by atoms with E-state index in [-0.39, 0.29) is 6.17 Å². The van der Waals surface area contributed by atoms with Gasteiger partial charge in [-0.2, -0.15) is 0 Å². The number of thiophene rings is 1. The van der Waals surface area contributed by atoms with Crippen molar-refractivity contribution in [1.82, 2.24) is 5.32 Å². The number of nitrogens with zero attached hydrogens (tertiary/aromatic N) is 2. The molecule has 0 spiro atoms. The summed E-state index contributed by atoms with van der Waals surface area (Å²) in [6.45, 7) is 0. The summed E-state index contributed by atoms with van der Waals surface area (Å²) in [5.74, 6) is 1.56. The van der Waals surface area contributed by atoms with Crippen molar-refractivity contribution in [3.63, 3.8) is 0 Å². The Morgan fingerprint density at radius 3 is 1.83 bits per heavy atom. The number of amidine groups is 2. The van der Waals surface area contributed by atoms with Crippen LogP contribution in [0, 0.1) is 0 Å². The fourth-order valence-corrected chi connectivity index (χ4v) is 8.53. The van der Waals surface area contributed by atoms with E-state index in [2.05, 4.69) is 169 Å². The molecule has 0 amide bonds. The summed E-state index contributed by atoms with van der Waals surface area (Å²) >= 11 is 1.82. The smallest absolute Gasteiger partial charge is 0.160 e. The second kappa shape index (κ2) is 13.2. The highest BCUT2D eigenvalue weighted by molar-refractivity contribution is 7.25. The summed E-state index contributed by atoms with van der Waals surface area (Å²) in [5, 5.41) is 8.53. The van der Waals surface area contributed by atoms with E-state index in [1.807, 2.05) is 35.6 Å². The number of nitrogens with one attached hydrogen (secondary N) is 1. The van der Waals surface area contributed by atoms with Gasteiger partial charge in [0, 0.05) is 31.3 Å². The minimum atomic E-state index is -0.251. The molecule has 53 heavy (non-hydrogen) atoms. The maximum atomic E-state index is 5.22. The van der Waals surface area contributed by atoms with Gasteiger partial charge in [-0.3, -0.25) is 0 Å². The summed E-state index contributed by atoms with van der Waals surface area (Å²) in [7, 11) is 0. The topological polar surface area (TPSA) is 36.8 Å². The number of rotatable bonds is 6. The van der Waals surface area contributed by atoms with Gasteiger partial charge >= 0.3 is 0 Å². The minimum absolute atomic E-state index is 0.251. The molecular weight excluding hydrogens is 663 g/mol. The Morgan fingerprint density at radius 1 is 0.434 bits per heavy atom. The van der Waals surface area contributed by atoms with E-state index >= 15 is 0 Å². The summed E-state index contributed by atoms with van der Waals surface area (Å²) in [5.41, 5.74) is 10.4. The molecule has 1 N–H and O–H groups in total. The molecule has 0 saturated heterocycles. The van der Waals surface area contributed by atoms with Crippen molar-refractivity contribution in [2.24, 2.45) is 9.98 Å². The third kappa shape index (κ3) is 5.89. The average molecular weight is 696 g/mol. The van der Waals surface area contributed by atoms with Gasteiger partial charge in [-0.15, -0.1) is 11.3 Å². The largest absolute Gasteiger partial charge is 0.344 e. The molecular formula is C49H33N3S. The molecule has 1 atom stereocenters. The van der Waals surface area contributed by atoms with Crippen molar-refractivity contribution in [1.29, 1.82) is 0 Å². The molecule has 2 heterocycles. The molecule has 0 radical (unpaired) electrons. The van der Waals surface area contributed by atoms with Crippen LogP contribution in [0.1, 0.15) is 22.9 Å². The van der Waals surface area contributed by atoms with Gasteiger partial charge in [0.1, 0.15) is 12.0 Å². The fourth-order valence-electron chi connectivity index (χ4n) is 7.41. The van der Waals surface area contributed by atoms with Gasteiger partial charge in [0.2, 0.25) is 0 Å². The zero-order valence-corrected chi connectivity index (χ0v) is 29.6. The minimum Gasteiger partial charge on any atom is -0.344 e. The van der Waals surface area contributed by atoms with Crippen LogP contribution < -0.4 is 5.32 Å². The number of hydrogen-bond donors (Lipinski definition) is 1. The quantitative estimate of drug-likeness (QED) is 0.185. The SMILES string of the molecule is c1ccc(C2=NC(c3cccc4sc5ccc(-c6cccc(-c7ccc(-c8ccc9ccccc9c8)cc7)c6)cc5c34)=NC(c3ccccc3)N2)cc1. The molecule has 9 aromatic rings. The molecule has 1 aliphatic rings. The number of hydrogen-bond acceptors (Lipinski definition) is 4. The summed E-state index contributed by atoms with van der Waals surface area (Å²) in [4.78, 5) is 10.4. The van der Waals surface area contributed by atoms with Crippen molar-refractivity contribution in [3.05, 3.63) is 205 Å². The highest BCUT2D eigenvalue weighted by Crippen LogP contribution is 2.40. The van der Waals surface area contributed by atoms with Gasteiger partial charge in [-0.05, 0) is 80.0 Å². The van der Waals surface area contributed by atoms with Crippen LogP contribution in [0.3, 0.4) is 0 Å². The molecule has 3 nitrogen and oxygen atoms in total. The Labute approximate surface area is 312 Å². The fraction of sp³-hybridized carbons (Fsp3) is 0.0204. The molecule has 1 aliphatic heterocycles. The van der Waals surface area contributed by atoms with Crippen LogP contribution in [0.4, 0.5) is 0 Å². The molecule has 0 saturated carbocycles. The lowest BCUT2D eigenvalue weighted by molar-refractivity contribution is 0.674. The Bertz CT molecular complexity index is 2850. The Kier molecular flexibility index (Phi) is 7.74. The van der Waals surface area contributed by atoms with E-state index in [9.17, 15) is 0 Å². The first-order valence-electron chi connectivity index (χ1n) is 17.9. The first-order chi connectivity index (χ1) is 26.2. The van der Waals surface area contributed by atoms with Crippen LogP contribution in [0.15, 0.2) is 198 Å². The van der Waals surface area contributed by atoms with E-state index in [0.717, 1.165) is 28.4 Å². The molecule has 8 aromatic carbocycles. The molecule has 10 rings (SSSR count). The lowest BCUT2D eigenvalue weighted by atomic mass is 9.95. The predicted molar refractivity (Wildman–Crippen MR) is 225 cm³/mol. The Balaban J connectivity index is 1.03. The molecule has 250 valence electrons.